The van der Waals surface area contributed by atoms with Crippen LogP contribution in [0.15, 0.2) is 57.1 Å². The monoisotopic (exact) mass is 494 g/mol. The number of rotatable bonds is 9. The van der Waals surface area contributed by atoms with Crippen LogP contribution < -0.4 is 20.6 Å². The molecule has 4 rings (SSSR count). The zero-order valence-electron chi connectivity index (χ0n) is 19.1. The summed E-state index contributed by atoms with van der Waals surface area (Å²) in [6.07, 6.45) is 1.48. The number of aromatic nitrogens is 5. The van der Waals surface area contributed by atoms with Crippen LogP contribution in [0, 0.1) is 6.92 Å². The number of nitrogen functional groups attached to an aromatic ring is 1. The first-order valence-corrected chi connectivity index (χ1v) is 11.3. The number of anilines is 1. The second kappa shape index (κ2) is 10.7. The summed E-state index contributed by atoms with van der Waals surface area (Å²) in [5.41, 5.74) is 10.7. The fourth-order valence-electron chi connectivity index (χ4n) is 3.05. The highest BCUT2D eigenvalue weighted by Crippen LogP contribution is 2.27. The lowest BCUT2D eigenvalue weighted by Gasteiger charge is -2.07. The number of benzene rings is 2. The Bertz CT molecular complexity index is 1350. The molecule has 0 spiro atoms. The molecule has 4 aromatic rings. The van der Waals surface area contributed by atoms with Crippen LogP contribution in [0.3, 0.4) is 0 Å². The number of aryl methyl sites for hydroxylation is 1. The van der Waals surface area contributed by atoms with Gasteiger partial charge >= 0.3 is 0 Å². The molecule has 0 aliphatic rings. The number of hydrazone groups is 1. The molecule has 3 N–H and O–H groups in total. The molecule has 0 saturated carbocycles. The maximum atomic E-state index is 12.9. The van der Waals surface area contributed by atoms with E-state index in [1.165, 1.54) is 29.8 Å². The summed E-state index contributed by atoms with van der Waals surface area (Å²) in [4.78, 5) is 13.9. The molecule has 0 atom stereocenters. The predicted octanol–water partition coefficient (Wildman–Crippen LogP) is 2.61. The van der Waals surface area contributed by atoms with Gasteiger partial charge in [0.2, 0.25) is 11.6 Å². The molecule has 2 aromatic carbocycles. The normalized spacial score (nSPS) is 11.1. The first kappa shape index (κ1) is 23.8. The topological polar surface area (TPSA) is 156 Å². The minimum atomic E-state index is -0.553. The highest BCUT2D eigenvalue weighted by Gasteiger charge is 2.24. The smallest absolute Gasteiger partial charge is 0.293 e. The Morgan fingerprint density at radius 2 is 1.94 bits per heavy atom. The Balaban J connectivity index is 1.55. The Labute approximate surface area is 204 Å². The van der Waals surface area contributed by atoms with E-state index in [4.69, 9.17) is 15.2 Å². The Kier molecular flexibility index (Phi) is 7.26. The SMILES string of the molecule is COc1ccc(C=NNC(=O)c2nnn(-c3nonc3N)c2CSc2ccc(C)cc2)cc1OC. The molecule has 12 nitrogen and oxygen atoms in total. The van der Waals surface area contributed by atoms with Gasteiger partial charge in [0.15, 0.2) is 17.2 Å². The summed E-state index contributed by atoms with van der Waals surface area (Å²) in [5.74, 6) is 1.09. The van der Waals surface area contributed by atoms with Crippen molar-refractivity contribution in [1.29, 1.82) is 0 Å². The number of ether oxygens (including phenoxy) is 2. The summed E-state index contributed by atoms with van der Waals surface area (Å²) in [7, 11) is 3.09. The van der Waals surface area contributed by atoms with Crippen LogP contribution in [0.1, 0.15) is 27.3 Å². The van der Waals surface area contributed by atoms with Gasteiger partial charge in [-0.15, -0.1) is 16.9 Å². The molecule has 35 heavy (non-hydrogen) atoms. The second-order valence-corrected chi connectivity index (χ2v) is 8.23. The van der Waals surface area contributed by atoms with Gasteiger partial charge in [-0.2, -0.15) is 9.78 Å². The second-order valence-electron chi connectivity index (χ2n) is 7.18. The van der Waals surface area contributed by atoms with Crippen molar-refractivity contribution in [1.82, 2.24) is 30.7 Å². The number of amides is 1. The molecule has 180 valence electrons. The van der Waals surface area contributed by atoms with Crippen LogP contribution >= 0.6 is 11.8 Å². The fourth-order valence-corrected chi connectivity index (χ4v) is 3.94. The highest BCUT2D eigenvalue weighted by atomic mass is 32.2. The van der Waals surface area contributed by atoms with Crippen molar-refractivity contribution >= 4 is 29.7 Å². The maximum absolute atomic E-state index is 12.9. The number of nitrogens with one attached hydrogen (secondary N) is 1. The van der Waals surface area contributed by atoms with Gasteiger partial charge in [-0.3, -0.25) is 4.79 Å². The number of carbonyl (C=O) groups excluding carboxylic acids is 1. The predicted molar refractivity (Wildman–Crippen MR) is 129 cm³/mol. The van der Waals surface area contributed by atoms with Crippen molar-refractivity contribution in [2.24, 2.45) is 5.10 Å². The maximum Gasteiger partial charge on any atom is 0.293 e. The lowest BCUT2D eigenvalue weighted by atomic mass is 10.2. The third kappa shape index (κ3) is 5.41. The van der Waals surface area contributed by atoms with Crippen molar-refractivity contribution in [3.05, 3.63) is 65.0 Å². The lowest BCUT2D eigenvalue weighted by Crippen LogP contribution is -2.20. The minimum Gasteiger partial charge on any atom is -0.493 e. The van der Waals surface area contributed by atoms with Crippen molar-refractivity contribution in [3.8, 4) is 17.3 Å². The highest BCUT2D eigenvalue weighted by molar-refractivity contribution is 7.98. The lowest BCUT2D eigenvalue weighted by molar-refractivity contribution is 0.0949. The molecular weight excluding hydrogens is 472 g/mol. The van der Waals surface area contributed by atoms with E-state index < -0.39 is 5.91 Å². The summed E-state index contributed by atoms with van der Waals surface area (Å²) >= 11 is 1.50. The molecule has 1 amide bonds. The minimum absolute atomic E-state index is 0.0231. The van der Waals surface area contributed by atoms with Gasteiger partial charge < -0.3 is 15.2 Å². The molecule has 13 heteroatoms. The number of hydrogen-bond donors (Lipinski definition) is 2. The third-order valence-electron chi connectivity index (χ3n) is 4.86. The first-order chi connectivity index (χ1) is 17.0. The summed E-state index contributed by atoms with van der Waals surface area (Å²) in [6, 6.07) is 13.2. The summed E-state index contributed by atoms with van der Waals surface area (Å²) < 4.78 is 16.5. The average Bonchev–Trinajstić information content (AvgIpc) is 3.49. The standard InChI is InChI=1S/C22H22N8O4S/c1-13-4-7-15(8-5-13)35-12-16-19(25-29-30(16)21-20(23)27-34-28-21)22(31)26-24-11-14-6-9-17(32-2)18(10-14)33-3/h4-11H,12H2,1-3H3,(H2,23,27)(H,26,31). The Morgan fingerprint density at radius 1 is 1.17 bits per heavy atom. The molecule has 2 heterocycles. The van der Waals surface area contributed by atoms with Gasteiger partial charge in [-0.1, -0.05) is 22.9 Å². The van der Waals surface area contributed by atoms with Gasteiger partial charge in [0.1, 0.15) is 0 Å². The Morgan fingerprint density at radius 3 is 2.63 bits per heavy atom. The van der Waals surface area contributed by atoms with Crippen LogP contribution in [0.5, 0.6) is 11.5 Å². The number of methoxy groups -OCH3 is 2. The van der Waals surface area contributed by atoms with Crippen molar-refractivity contribution in [3.63, 3.8) is 0 Å². The number of nitrogens with zero attached hydrogens (tertiary/aromatic N) is 6. The van der Waals surface area contributed by atoms with Crippen LogP contribution in [0.4, 0.5) is 5.82 Å². The zero-order chi connectivity index (χ0) is 24.8. The van der Waals surface area contributed by atoms with E-state index in [0.717, 1.165) is 10.5 Å². The van der Waals surface area contributed by atoms with Gasteiger partial charge in [0.25, 0.3) is 5.91 Å². The summed E-state index contributed by atoms with van der Waals surface area (Å²) in [5, 5.41) is 19.5. The average molecular weight is 495 g/mol. The van der Waals surface area contributed by atoms with Crippen LogP contribution in [0.2, 0.25) is 0 Å². The molecule has 0 fully saturated rings. The number of hydrogen-bond acceptors (Lipinski definition) is 11. The largest absolute Gasteiger partial charge is 0.493 e. The van der Waals surface area contributed by atoms with Crippen molar-refractivity contribution in [2.45, 2.75) is 17.6 Å². The van der Waals surface area contributed by atoms with E-state index >= 15 is 0 Å². The van der Waals surface area contributed by atoms with Crippen LogP contribution in [-0.2, 0) is 5.75 Å². The molecule has 0 bridgehead atoms. The van der Waals surface area contributed by atoms with Gasteiger partial charge in [0, 0.05) is 10.6 Å². The van der Waals surface area contributed by atoms with Gasteiger partial charge in [-0.25, -0.2) is 10.1 Å². The van der Waals surface area contributed by atoms with Gasteiger partial charge in [-0.05, 0) is 53.1 Å². The molecule has 0 aliphatic heterocycles. The van der Waals surface area contributed by atoms with Crippen molar-refractivity contribution in [2.75, 3.05) is 20.0 Å². The quantitative estimate of drug-likeness (QED) is 0.201. The van der Waals surface area contributed by atoms with Crippen molar-refractivity contribution < 1.29 is 18.9 Å². The zero-order valence-corrected chi connectivity index (χ0v) is 19.9. The number of carbonyl (C=O) groups is 1. The van der Waals surface area contributed by atoms with Crippen LogP contribution in [-0.4, -0.2) is 51.6 Å². The molecule has 0 saturated heterocycles. The van der Waals surface area contributed by atoms with Gasteiger partial charge in [0.05, 0.1) is 26.1 Å². The van der Waals surface area contributed by atoms with Crippen LogP contribution in [0.25, 0.3) is 5.82 Å². The van der Waals surface area contributed by atoms with E-state index in [2.05, 4.69) is 35.8 Å². The fraction of sp³-hybridized carbons (Fsp3) is 0.182. The van der Waals surface area contributed by atoms with E-state index in [0.29, 0.717) is 28.5 Å². The molecular formula is C22H22N8O4S. The first-order valence-electron chi connectivity index (χ1n) is 10.3. The molecule has 2 aromatic heterocycles. The van der Waals surface area contributed by atoms with E-state index in [1.54, 1.807) is 25.3 Å². The molecule has 0 aliphatic carbocycles. The Hall–Kier alpha value is -4.39. The summed E-state index contributed by atoms with van der Waals surface area (Å²) in [6.45, 7) is 2.01. The third-order valence-corrected chi connectivity index (χ3v) is 5.88. The molecule has 0 radical (unpaired) electrons. The number of nitrogens with two attached hydrogens (primary N) is 1. The van der Waals surface area contributed by atoms with E-state index in [9.17, 15) is 4.79 Å². The molecule has 0 unspecified atom stereocenters. The van der Waals surface area contributed by atoms with E-state index in [1.807, 2.05) is 31.2 Å². The number of thioether (sulfide) groups is 1. The van der Waals surface area contributed by atoms with E-state index in [-0.39, 0.29) is 17.3 Å².